The second-order valence-corrected chi connectivity index (χ2v) is 6.80. The molecule has 4 heteroatoms. The van der Waals surface area contributed by atoms with Crippen molar-refractivity contribution in [3.8, 4) is 0 Å². The molecule has 2 rings (SSSR count). The van der Waals surface area contributed by atoms with E-state index in [2.05, 4.69) is 4.72 Å². The summed E-state index contributed by atoms with van der Waals surface area (Å²) in [7, 11) is -3.20. The van der Waals surface area contributed by atoms with E-state index < -0.39 is 10.0 Å². The third-order valence-electron chi connectivity index (χ3n) is 3.40. The van der Waals surface area contributed by atoms with Crippen molar-refractivity contribution < 1.29 is 8.42 Å². The Morgan fingerprint density at radius 1 is 1.00 bits per heavy atom. The van der Waals surface area contributed by atoms with Gasteiger partial charge in [-0.1, -0.05) is 56.0 Å². The molecule has 0 radical (unpaired) electrons. The van der Waals surface area contributed by atoms with Gasteiger partial charge in [-0.05, 0) is 18.4 Å². The largest absolute Gasteiger partial charge is 0.216 e. The number of hydrogen-bond donors (Lipinski definition) is 1. The second kappa shape index (κ2) is 6.34. The molecule has 1 aliphatic carbocycles. The van der Waals surface area contributed by atoms with E-state index in [0.717, 1.165) is 31.2 Å². The van der Waals surface area contributed by atoms with Crippen LogP contribution in [0, 0.1) is 0 Å². The minimum atomic E-state index is -3.20. The van der Waals surface area contributed by atoms with Gasteiger partial charge in [0.2, 0.25) is 10.0 Å². The van der Waals surface area contributed by atoms with E-state index in [-0.39, 0.29) is 11.8 Å². The molecule has 1 aliphatic rings. The average Bonchev–Trinajstić information content (AvgIpc) is 2.57. The molecule has 1 aromatic carbocycles. The second-order valence-electron chi connectivity index (χ2n) is 5.05. The van der Waals surface area contributed by atoms with Crippen molar-refractivity contribution in [2.75, 3.05) is 0 Å². The van der Waals surface area contributed by atoms with Crippen molar-refractivity contribution in [2.45, 2.75) is 50.3 Å². The molecule has 0 aliphatic heterocycles. The van der Waals surface area contributed by atoms with Gasteiger partial charge in [0.05, 0.1) is 5.75 Å². The van der Waals surface area contributed by atoms with Gasteiger partial charge in [-0.2, -0.15) is 0 Å². The van der Waals surface area contributed by atoms with E-state index in [1.54, 1.807) is 0 Å². The Balaban J connectivity index is 1.94. The third kappa shape index (κ3) is 4.42. The first-order valence-corrected chi connectivity index (χ1v) is 8.35. The molecule has 0 heterocycles. The third-order valence-corrected chi connectivity index (χ3v) is 4.81. The summed E-state index contributed by atoms with van der Waals surface area (Å²) >= 11 is 0. The van der Waals surface area contributed by atoms with Gasteiger partial charge in [0.25, 0.3) is 0 Å². The Bertz CT molecular complexity index is 448. The van der Waals surface area contributed by atoms with E-state index in [4.69, 9.17) is 0 Å². The Labute approximate surface area is 110 Å². The minimum Gasteiger partial charge on any atom is -0.212 e. The number of rotatable bonds is 4. The molecule has 0 saturated heterocycles. The summed E-state index contributed by atoms with van der Waals surface area (Å²) in [6, 6.07) is 9.49. The van der Waals surface area contributed by atoms with Crippen LogP contribution in [0.1, 0.15) is 44.1 Å². The van der Waals surface area contributed by atoms with Crippen LogP contribution < -0.4 is 4.72 Å². The Morgan fingerprint density at radius 2 is 1.61 bits per heavy atom. The lowest BCUT2D eigenvalue weighted by molar-refractivity contribution is 0.509. The van der Waals surface area contributed by atoms with Crippen molar-refractivity contribution in [3.05, 3.63) is 35.9 Å². The molecule has 1 fully saturated rings. The van der Waals surface area contributed by atoms with Crippen molar-refractivity contribution in [3.63, 3.8) is 0 Å². The zero-order chi connectivity index (χ0) is 12.8. The van der Waals surface area contributed by atoms with Crippen LogP contribution >= 0.6 is 0 Å². The van der Waals surface area contributed by atoms with Crippen LogP contribution in [-0.2, 0) is 15.8 Å². The van der Waals surface area contributed by atoms with Crippen LogP contribution in [0.4, 0.5) is 0 Å². The zero-order valence-corrected chi connectivity index (χ0v) is 11.5. The molecule has 1 saturated carbocycles. The van der Waals surface area contributed by atoms with Crippen LogP contribution in [-0.4, -0.2) is 14.5 Å². The van der Waals surface area contributed by atoms with E-state index in [9.17, 15) is 8.42 Å². The smallest absolute Gasteiger partial charge is 0.212 e. The molecule has 18 heavy (non-hydrogen) atoms. The van der Waals surface area contributed by atoms with Crippen LogP contribution in [0.3, 0.4) is 0 Å². The predicted molar refractivity (Wildman–Crippen MR) is 73.7 cm³/mol. The van der Waals surface area contributed by atoms with E-state index in [1.165, 1.54) is 12.8 Å². The van der Waals surface area contributed by atoms with Crippen molar-refractivity contribution in [1.29, 1.82) is 0 Å². The number of sulfonamides is 1. The fraction of sp³-hybridized carbons (Fsp3) is 0.571. The van der Waals surface area contributed by atoms with Gasteiger partial charge in [0, 0.05) is 6.04 Å². The Morgan fingerprint density at radius 3 is 2.22 bits per heavy atom. The lowest BCUT2D eigenvalue weighted by Gasteiger charge is -2.16. The van der Waals surface area contributed by atoms with Gasteiger partial charge >= 0.3 is 0 Å². The predicted octanol–water partition coefficient (Wildman–Crippen LogP) is 2.83. The van der Waals surface area contributed by atoms with E-state index in [0.29, 0.717) is 0 Å². The highest BCUT2D eigenvalue weighted by Gasteiger charge is 2.19. The average molecular weight is 267 g/mol. The van der Waals surface area contributed by atoms with Gasteiger partial charge in [0.1, 0.15) is 0 Å². The zero-order valence-electron chi connectivity index (χ0n) is 10.6. The van der Waals surface area contributed by atoms with E-state index in [1.807, 2.05) is 30.3 Å². The first-order valence-electron chi connectivity index (χ1n) is 6.70. The summed E-state index contributed by atoms with van der Waals surface area (Å²) in [5.41, 5.74) is 0.846. The monoisotopic (exact) mass is 267 g/mol. The van der Waals surface area contributed by atoms with Crippen LogP contribution in [0.25, 0.3) is 0 Å². The quantitative estimate of drug-likeness (QED) is 0.853. The summed E-state index contributed by atoms with van der Waals surface area (Å²) in [5, 5.41) is 0. The highest BCUT2D eigenvalue weighted by Crippen LogP contribution is 2.18. The van der Waals surface area contributed by atoms with Crippen LogP contribution in [0.15, 0.2) is 30.3 Å². The van der Waals surface area contributed by atoms with Gasteiger partial charge < -0.3 is 0 Å². The molecule has 0 amide bonds. The normalized spacial score (nSPS) is 18.4. The number of benzene rings is 1. The first kappa shape index (κ1) is 13.6. The molecule has 0 bridgehead atoms. The lowest BCUT2D eigenvalue weighted by Crippen LogP contribution is -2.35. The summed E-state index contributed by atoms with van der Waals surface area (Å²) in [5.74, 6) is 0.0876. The number of hydrogen-bond acceptors (Lipinski definition) is 2. The maximum atomic E-state index is 12.1. The molecule has 3 nitrogen and oxygen atoms in total. The van der Waals surface area contributed by atoms with Crippen molar-refractivity contribution >= 4 is 10.0 Å². The first-order chi connectivity index (χ1) is 8.66. The van der Waals surface area contributed by atoms with Crippen LogP contribution in [0.5, 0.6) is 0 Å². The molecule has 0 unspecified atom stereocenters. The summed E-state index contributed by atoms with van der Waals surface area (Å²) in [4.78, 5) is 0. The van der Waals surface area contributed by atoms with Crippen LogP contribution in [0.2, 0.25) is 0 Å². The Hall–Kier alpha value is -0.870. The Kier molecular flexibility index (Phi) is 4.78. The molecular weight excluding hydrogens is 246 g/mol. The van der Waals surface area contributed by atoms with Crippen molar-refractivity contribution in [1.82, 2.24) is 4.72 Å². The van der Waals surface area contributed by atoms with E-state index >= 15 is 0 Å². The number of nitrogens with one attached hydrogen (secondary N) is 1. The fourth-order valence-electron chi connectivity index (χ4n) is 2.49. The molecule has 0 spiro atoms. The SMILES string of the molecule is O=S(=O)(Cc1ccccc1)NC1CCCCCC1. The standard InChI is InChI=1S/C14H21NO2S/c16-18(17,12-13-8-4-3-5-9-13)15-14-10-6-1-2-7-11-14/h3-5,8-9,14-15H,1-2,6-7,10-12H2. The fourth-order valence-corrected chi connectivity index (χ4v) is 3.94. The minimum absolute atomic E-state index is 0.0876. The lowest BCUT2D eigenvalue weighted by atomic mass is 10.1. The maximum absolute atomic E-state index is 12.1. The van der Waals surface area contributed by atoms with Gasteiger partial charge in [-0.25, -0.2) is 13.1 Å². The summed E-state index contributed by atoms with van der Waals surface area (Å²) in [6.07, 6.45) is 6.70. The topological polar surface area (TPSA) is 46.2 Å². The molecular formula is C14H21NO2S. The van der Waals surface area contributed by atoms with Gasteiger partial charge in [0.15, 0.2) is 0 Å². The van der Waals surface area contributed by atoms with Crippen molar-refractivity contribution in [2.24, 2.45) is 0 Å². The highest BCUT2D eigenvalue weighted by molar-refractivity contribution is 7.88. The molecule has 0 atom stereocenters. The molecule has 100 valence electrons. The summed E-state index contributed by atoms with van der Waals surface area (Å²) < 4.78 is 27.0. The highest BCUT2D eigenvalue weighted by atomic mass is 32.2. The molecule has 1 N–H and O–H groups in total. The maximum Gasteiger partial charge on any atom is 0.216 e. The molecule has 0 aromatic heterocycles. The summed E-state index contributed by atoms with van der Waals surface area (Å²) in [6.45, 7) is 0. The molecule has 1 aromatic rings. The van der Waals surface area contributed by atoms with Gasteiger partial charge in [-0.3, -0.25) is 0 Å². The van der Waals surface area contributed by atoms with Gasteiger partial charge in [-0.15, -0.1) is 0 Å².